The third kappa shape index (κ3) is 12.0. The van der Waals surface area contributed by atoms with Crippen molar-refractivity contribution in [3.63, 3.8) is 0 Å². The van der Waals surface area contributed by atoms with E-state index in [0.29, 0.717) is 6.42 Å². The number of carboxylic acids is 1. The quantitative estimate of drug-likeness (QED) is 0.448. The minimum Gasteiger partial charge on any atom is -0.480 e. The Hall–Kier alpha value is -3.85. The van der Waals surface area contributed by atoms with Gasteiger partial charge in [-0.3, -0.25) is 14.8 Å². The lowest BCUT2D eigenvalue weighted by Gasteiger charge is -2.05. The number of nitrogens with two attached hydrogens (primary N) is 1. The molecule has 4 aromatic heterocycles. The first-order valence-electron chi connectivity index (χ1n) is 9.92. The molecule has 0 aromatic carbocycles. The highest BCUT2D eigenvalue weighted by Gasteiger charge is 2.13. The molecule has 0 aliphatic heterocycles. The highest BCUT2D eigenvalue weighted by Crippen LogP contribution is 2.01. The van der Waals surface area contributed by atoms with Crippen LogP contribution in [0, 0.1) is 20.8 Å². The molecule has 170 valence electrons. The zero-order chi connectivity index (χ0) is 23.8. The average molecular weight is 438 g/mol. The molecular weight excluding hydrogens is 406 g/mol. The minimum atomic E-state index is -0.990. The van der Waals surface area contributed by atoms with Crippen LogP contribution in [0.2, 0.25) is 0 Å². The number of aromatic nitrogens is 6. The maximum Gasteiger partial charge on any atom is 0.320 e. The van der Waals surface area contributed by atoms with Gasteiger partial charge in [-0.1, -0.05) is 6.07 Å². The van der Waals surface area contributed by atoms with Gasteiger partial charge in [0.25, 0.3) is 0 Å². The minimum absolute atomic E-state index is 0.311. The van der Waals surface area contributed by atoms with Gasteiger partial charge in [0.05, 0.1) is 12.7 Å². The van der Waals surface area contributed by atoms with Crippen molar-refractivity contribution in [3.05, 3.63) is 96.6 Å². The molecule has 32 heavy (non-hydrogen) atoms. The summed E-state index contributed by atoms with van der Waals surface area (Å²) in [6.45, 7) is 6.11. The first kappa shape index (κ1) is 26.2. The molecule has 4 N–H and O–H groups in total. The molecule has 4 heterocycles. The van der Waals surface area contributed by atoms with Crippen molar-refractivity contribution >= 4 is 5.97 Å². The zero-order valence-electron chi connectivity index (χ0n) is 18.9. The summed E-state index contributed by atoms with van der Waals surface area (Å²) >= 11 is 0. The predicted molar refractivity (Wildman–Crippen MR) is 124 cm³/mol. The number of pyridine rings is 2. The van der Waals surface area contributed by atoms with Gasteiger partial charge in [-0.15, -0.1) is 0 Å². The Bertz CT molecular complexity index is 908. The van der Waals surface area contributed by atoms with Crippen LogP contribution in [-0.2, 0) is 18.3 Å². The summed E-state index contributed by atoms with van der Waals surface area (Å²) in [5, 5.41) is 8.52. The number of rotatable bonds is 3. The number of H-pyrrole nitrogens is 1. The van der Waals surface area contributed by atoms with Gasteiger partial charge in [0.2, 0.25) is 0 Å². The van der Waals surface area contributed by atoms with Gasteiger partial charge >= 0.3 is 5.97 Å². The Morgan fingerprint density at radius 1 is 1.06 bits per heavy atom. The number of carboxylic acid groups (broad SMARTS) is 1. The molecule has 0 aliphatic carbocycles. The van der Waals surface area contributed by atoms with E-state index in [2.05, 4.69) is 44.0 Å². The largest absolute Gasteiger partial charge is 0.480 e. The predicted octanol–water partition coefficient (Wildman–Crippen LogP) is 2.87. The lowest BCUT2D eigenvalue weighted by atomic mass is 10.2. The van der Waals surface area contributed by atoms with E-state index in [1.165, 1.54) is 5.56 Å². The van der Waals surface area contributed by atoms with E-state index in [9.17, 15) is 4.79 Å². The molecule has 0 radical (unpaired) electrons. The van der Waals surface area contributed by atoms with Crippen LogP contribution in [0.4, 0.5) is 0 Å². The number of aromatic amines is 1. The molecule has 9 heteroatoms. The molecule has 0 spiro atoms. The second-order valence-corrected chi connectivity index (χ2v) is 6.86. The van der Waals surface area contributed by atoms with Crippen LogP contribution >= 0.6 is 0 Å². The Labute approximate surface area is 188 Å². The molecule has 0 bridgehead atoms. The highest BCUT2D eigenvalue weighted by molar-refractivity contribution is 5.73. The highest BCUT2D eigenvalue weighted by atomic mass is 16.4. The number of hydrogen-bond acceptors (Lipinski definition) is 6. The molecule has 0 amide bonds. The van der Waals surface area contributed by atoms with E-state index >= 15 is 0 Å². The number of aryl methyl sites for hydroxylation is 4. The second-order valence-electron chi connectivity index (χ2n) is 6.86. The molecule has 0 saturated carbocycles. The Balaban J connectivity index is 0.000000225. The van der Waals surface area contributed by atoms with E-state index in [1.54, 1.807) is 55.3 Å². The Morgan fingerprint density at radius 3 is 2.03 bits per heavy atom. The Kier molecular flexibility index (Phi) is 12.3. The second kappa shape index (κ2) is 15.0. The lowest BCUT2D eigenvalue weighted by Crippen LogP contribution is -2.32. The molecule has 0 aliphatic rings. The smallest absolute Gasteiger partial charge is 0.320 e. The van der Waals surface area contributed by atoms with Gasteiger partial charge in [0.15, 0.2) is 0 Å². The van der Waals surface area contributed by atoms with Crippen LogP contribution in [0.1, 0.15) is 22.6 Å². The molecule has 1 atom stereocenters. The van der Waals surface area contributed by atoms with E-state index in [0.717, 1.165) is 17.1 Å². The molecule has 1 unspecified atom stereocenters. The average Bonchev–Trinajstić information content (AvgIpc) is 3.45. The summed E-state index contributed by atoms with van der Waals surface area (Å²) in [7, 11) is 1.80. The van der Waals surface area contributed by atoms with Gasteiger partial charge in [-0.2, -0.15) is 0 Å². The summed E-state index contributed by atoms with van der Waals surface area (Å²) in [5.41, 5.74) is 9.66. The number of nitrogens with one attached hydrogen (secondary N) is 1. The van der Waals surface area contributed by atoms with Crippen molar-refractivity contribution in [1.29, 1.82) is 0 Å². The van der Waals surface area contributed by atoms with Crippen molar-refractivity contribution in [2.75, 3.05) is 0 Å². The molecule has 0 saturated heterocycles. The van der Waals surface area contributed by atoms with Crippen LogP contribution in [0.15, 0.2) is 74.0 Å². The zero-order valence-corrected chi connectivity index (χ0v) is 18.9. The van der Waals surface area contributed by atoms with Crippen molar-refractivity contribution in [2.24, 2.45) is 12.8 Å². The molecule has 4 rings (SSSR count). The molecule has 0 fully saturated rings. The van der Waals surface area contributed by atoms with E-state index in [-0.39, 0.29) is 0 Å². The van der Waals surface area contributed by atoms with Gasteiger partial charge in [0.1, 0.15) is 6.04 Å². The summed E-state index contributed by atoms with van der Waals surface area (Å²) in [6, 6.07) is 9.02. The van der Waals surface area contributed by atoms with Crippen molar-refractivity contribution in [3.8, 4) is 0 Å². The van der Waals surface area contributed by atoms with Crippen molar-refractivity contribution in [1.82, 2.24) is 29.5 Å². The standard InChI is InChI=1S/C8H11N.C7H11N3O2.C5H5N.C3H4N2/c1-6-4-7(2)9-8(3)5-6;1-10-4-9-3-5(10)2-6(8)7(11)12;1-2-4-6-5-3-1;1-2-5-3-4-1/h4-5H,1-3H3;3-4,6H,2,8H2,1H3,(H,11,12);1-5H;1-3H,(H,4,5). The van der Waals surface area contributed by atoms with E-state index in [4.69, 9.17) is 10.8 Å². The summed E-state index contributed by atoms with van der Waals surface area (Å²) in [6.07, 6.45) is 12.1. The summed E-state index contributed by atoms with van der Waals surface area (Å²) in [4.78, 5) is 28.7. The monoisotopic (exact) mass is 437 g/mol. The van der Waals surface area contributed by atoms with Gasteiger partial charge in [-0.25, -0.2) is 9.97 Å². The number of hydrogen-bond donors (Lipinski definition) is 3. The van der Waals surface area contributed by atoms with Crippen LogP contribution in [0.3, 0.4) is 0 Å². The van der Waals surface area contributed by atoms with Gasteiger partial charge in [0, 0.05) is 61.5 Å². The van der Waals surface area contributed by atoms with Crippen LogP contribution in [-0.4, -0.2) is 46.6 Å². The summed E-state index contributed by atoms with van der Waals surface area (Å²) < 4.78 is 1.75. The van der Waals surface area contributed by atoms with E-state index in [1.807, 2.05) is 32.0 Å². The van der Waals surface area contributed by atoms with Crippen LogP contribution < -0.4 is 5.73 Å². The maximum atomic E-state index is 10.4. The molecular formula is C23H31N7O2. The first-order chi connectivity index (χ1) is 15.3. The molecule has 9 nitrogen and oxygen atoms in total. The van der Waals surface area contributed by atoms with Crippen LogP contribution in [0.25, 0.3) is 0 Å². The molecule has 4 aromatic rings. The third-order valence-electron chi connectivity index (χ3n) is 3.86. The van der Waals surface area contributed by atoms with Gasteiger partial charge in [-0.05, 0) is 50.6 Å². The normalized spacial score (nSPS) is 10.3. The van der Waals surface area contributed by atoms with Gasteiger partial charge < -0.3 is 20.4 Å². The number of imidazole rings is 2. The Morgan fingerprint density at radius 2 is 1.72 bits per heavy atom. The van der Waals surface area contributed by atoms with Crippen molar-refractivity contribution in [2.45, 2.75) is 33.2 Å². The summed E-state index contributed by atoms with van der Waals surface area (Å²) in [5.74, 6) is -0.990. The fourth-order valence-electron chi connectivity index (χ4n) is 2.47. The number of carbonyl (C=O) groups is 1. The SMILES string of the molecule is Cc1cc(C)nc(C)c1.Cn1cncc1CC(N)C(=O)O.c1c[nH]cn1.c1ccncc1. The third-order valence-corrected chi connectivity index (χ3v) is 3.86. The lowest BCUT2D eigenvalue weighted by molar-refractivity contribution is -0.138. The van der Waals surface area contributed by atoms with Crippen LogP contribution in [0.5, 0.6) is 0 Å². The van der Waals surface area contributed by atoms with Crippen molar-refractivity contribution < 1.29 is 9.90 Å². The maximum absolute atomic E-state index is 10.4. The first-order valence-corrected chi connectivity index (χ1v) is 9.92. The fraction of sp³-hybridized carbons (Fsp3) is 0.261. The number of nitrogens with zero attached hydrogens (tertiary/aromatic N) is 5. The number of aliphatic carboxylic acids is 1. The van der Waals surface area contributed by atoms with E-state index < -0.39 is 12.0 Å². The topological polar surface area (TPSA) is 136 Å². The fourth-order valence-corrected chi connectivity index (χ4v) is 2.47.